The van der Waals surface area contributed by atoms with Crippen LogP contribution in [0.1, 0.15) is 17.2 Å². The first-order valence-electron chi connectivity index (χ1n) is 8.86. The second-order valence-electron chi connectivity index (χ2n) is 6.61. The number of likely N-dealkylation sites (N-methyl/N-ethyl adjacent to an activating group) is 1. The topological polar surface area (TPSA) is 62.5 Å². The molecule has 6 heteroatoms. The second-order valence-corrected chi connectivity index (χ2v) is 8.45. The number of aliphatic hydroxyl groups excluding tert-OH is 1. The third-order valence-electron chi connectivity index (χ3n) is 4.50. The fourth-order valence-electron chi connectivity index (χ4n) is 2.92. The summed E-state index contributed by atoms with van der Waals surface area (Å²) in [6, 6.07) is 19.8. The zero-order chi connectivity index (χ0) is 19.3. The largest absolute Gasteiger partial charge is 0.387 e. The number of rotatable bonds is 8. The van der Waals surface area contributed by atoms with Gasteiger partial charge >= 0.3 is 0 Å². The lowest BCUT2D eigenvalue weighted by Gasteiger charge is -2.20. The monoisotopic (exact) mass is 384 g/mol. The van der Waals surface area contributed by atoms with Crippen LogP contribution in [-0.4, -0.2) is 42.5 Å². The summed E-state index contributed by atoms with van der Waals surface area (Å²) < 4.78 is 26.5. The van der Waals surface area contributed by atoms with E-state index in [1.807, 2.05) is 48.3 Å². The van der Waals surface area contributed by atoms with E-state index >= 15 is 0 Å². The van der Waals surface area contributed by atoms with Gasteiger partial charge in [-0.25, -0.2) is 12.4 Å². The quantitative estimate of drug-likeness (QED) is 0.649. The van der Waals surface area contributed by atoms with Gasteiger partial charge in [0.2, 0.25) is 0 Å². The standard InChI is InChI=1S/C21H24N2O3S/c1-22(17-21(24)19-8-4-2-5-9-19)14-12-18-13-15-23(16-18)27(25,26)20-10-6-3-7-11-20/h2-11,13,15-16,21,24H,12,14,17H2,1H3. The van der Waals surface area contributed by atoms with E-state index in [0.29, 0.717) is 13.0 Å². The van der Waals surface area contributed by atoms with E-state index in [0.717, 1.165) is 17.7 Å². The first-order chi connectivity index (χ1) is 13.0. The summed E-state index contributed by atoms with van der Waals surface area (Å²) in [6.45, 7) is 1.24. The molecule has 0 spiro atoms. The Morgan fingerprint density at radius 3 is 2.30 bits per heavy atom. The van der Waals surface area contributed by atoms with Crippen molar-refractivity contribution in [2.45, 2.75) is 17.4 Å². The predicted octanol–water partition coefficient (Wildman–Crippen LogP) is 2.93. The average Bonchev–Trinajstić information content (AvgIpc) is 3.18. The lowest BCUT2D eigenvalue weighted by molar-refractivity contribution is 0.127. The molecule has 0 amide bonds. The maximum absolute atomic E-state index is 12.6. The van der Waals surface area contributed by atoms with E-state index in [1.54, 1.807) is 42.7 Å². The summed E-state index contributed by atoms with van der Waals surface area (Å²) in [5.41, 5.74) is 1.83. The molecule has 1 N–H and O–H groups in total. The summed E-state index contributed by atoms with van der Waals surface area (Å²) in [4.78, 5) is 2.32. The van der Waals surface area contributed by atoms with Crippen LogP contribution in [0.25, 0.3) is 0 Å². The van der Waals surface area contributed by atoms with Gasteiger partial charge in [-0.2, -0.15) is 0 Å². The van der Waals surface area contributed by atoms with Gasteiger partial charge in [-0.05, 0) is 42.8 Å². The van der Waals surface area contributed by atoms with Gasteiger partial charge in [-0.1, -0.05) is 48.5 Å². The molecule has 0 aliphatic rings. The number of benzene rings is 2. The van der Waals surface area contributed by atoms with Crippen molar-refractivity contribution in [1.82, 2.24) is 8.87 Å². The molecule has 1 aromatic heterocycles. The minimum atomic E-state index is -3.55. The average molecular weight is 385 g/mol. The van der Waals surface area contributed by atoms with Crippen LogP contribution in [0.4, 0.5) is 0 Å². The van der Waals surface area contributed by atoms with Crippen LogP contribution in [0.3, 0.4) is 0 Å². The fourth-order valence-corrected chi connectivity index (χ4v) is 4.16. The van der Waals surface area contributed by atoms with Crippen LogP contribution in [0.15, 0.2) is 84.0 Å². The second kappa shape index (κ2) is 8.52. The highest BCUT2D eigenvalue weighted by Gasteiger charge is 2.16. The van der Waals surface area contributed by atoms with E-state index in [-0.39, 0.29) is 4.90 Å². The normalized spacial score (nSPS) is 13.0. The van der Waals surface area contributed by atoms with Crippen LogP contribution < -0.4 is 0 Å². The van der Waals surface area contributed by atoms with E-state index in [1.165, 1.54) is 3.97 Å². The summed E-state index contributed by atoms with van der Waals surface area (Å²) in [5, 5.41) is 10.3. The van der Waals surface area contributed by atoms with Gasteiger partial charge in [-0.3, -0.25) is 0 Å². The van der Waals surface area contributed by atoms with Crippen molar-refractivity contribution in [1.29, 1.82) is 0 Å². The highest BCUT2D eigenvalue weighted by molar-refractivity contribution is 7.90. The molecule has 1 unspecified atom stereocenters. The number of hydrogen-bond acceptors (Lipinski definition) is 4. The molecule has 0 fully saturated rings. The van der Waals surface area contributed by atoms with E-state index in [2.05, 4.69) is 0 Å². The van der Waals surface area contributed by atoms with Crippen molar-refractivity contribution in [2.24, 2.45) is 0 Å². The highest BCUT2D eigenvalue weighted by Crippen LogP contribution is 2.16. The van der Waals surface area contributed by atoms with Gasteiger partial charge in [0.25, 0.3) is 10.0 Å². The Kier molecular flexibility index (Phi) is 6.11. The zero-order valence-electron chi connectivity index (χ0n) is 15.3. The Hall–Kier alpha value is -2.41. The van der Waals surface area contributed by atoms with Gasteiger partial charge < -0.3 is 10.0 Å². The molecular weight excluding hydrogens is 360 g/mol. The van der Waals surface area contributed by atoms with Crippen LogP contribution in [-0.2, 0) is 16.4 Å². The van der Waals surface area contributed by atoms with E-state index < -0.39 is 16.1 Å². The van der Waals surface area contributed by atoms with Crippen LogP contribution in [0.2, 0.25) is 0 Å². The van der Waals surface area contributed by atoms with Crippen molar-refractivity contribution >= 4 is 10.0 Å². The molecule has 2 aromatic carbocycles. The number of aliphatic hydroxyl groups is 1. The summed E-state index contributed by atoms with van der Waals surface area (Å²) in [5.74, 6) is 0. The van der Waals surface area contributed by atoms with Gasteiger partial charge in [-0.15, -0.1) is 0 Å². The lowest BCUT2D eigenvalue weighted by Crippen LogP contribution is -2.26. The summed E-state index contributed by atoms with van der Waals surface area (Å²) in [7, 11) is -1.60. The van der Waals surface area contributed by atoms with Gasteiger partial charge in [0.1, 0.15) is 0 Å². The van der Waals surface area contributed by atoms with Crippen LogP contribution in [0.5, 0.6) is 0 Å². The first kappa shape index (κ1) is 19.4. The molecule has 0 saturated carbocycles. The third kappa shape index (κ3) is 4.86. The Labute approximate surface area is 160 Å². The van der Waals surface area contributed by atoms with Gasteiger partial charge in [0.05, 0.1) is 11.0 Å². The minimum Gasteiger partial charge on any atom is -0.387 e. The van der Waals surface area contributed by atoms with Crippen LogP contribution in [0, 0.1) is 0 Å². The Balaban J connectivity index is 1.58. The lowest BCUT2D eigenvalue weighted by atomic mass is 10.1. The summed E-state index contributed by atoms with van der Waals surface area (Å²) in [6.07, 6.45) is 3.40. The van der Waals surface area contributed by atoms with Crippen molar-refractivity contribution in [3.05, 3.63) is 90.3 Å². The third-order valence-corrected chi connectivity index (χ3v) is 6.15. The maximum Gasteiger partial charge on any atom is 0.267 e. The number of hydrogen-bond donors (Lipinski definition) is 1. The predicted molar refractivity (Wildman–Crippen MR) is 106 cm³/mol. The molecular formula is C21H24N2O3S. The fraction of sp³-hybridized carbons (Fsp3) is 0.238. The maximum atomic E-state index is 12.6. The van der Waals surface area contributed by atoms with Crippen molar-refractivity contribution in [3.8, 4) is 0 Å². The molecule has 0 aliphatic heterocycles. The first-order valence-corrected chi connectivity index (χ1v) is 10.3. The molecule has 1 heterocycles. The molecule has 1 atom stereocenters. The molecule has 0 aliphatic carbocycles. The zero-order valence-corrected chi connectivity index (χ0v) is 16.1. The van der Waals surface area contributed by atoms with Gasteiger partial charge in [0, 0.05) is 25.5 Å². The Bertz CT molecular complexity index is 953. The van der Waals surface area contributed by atoms with E-state index in [4.69, 9.17) is 0 Å². The summed E-state index contributed by atoms with van der Waals surface area (Å²) >= 11 is 0. The number of aromatic nitrogens is 1. The molecule has 3 rings (SSSR count). The molecule has 0 radical (unpaired) electrons. The molecule has 27 heavy (non-hydrogen) atoms. The van der Waals surface area contributed by atoms with E-state index in [9.17, 15) is 13.5 Å². The molecule has 3 aromatic rings. The Morgan fingerprint density at radius 2 is 1.63 bits per heavy atom. The van der Waals surface area contributed by atoms with Crippen molar-refractivity contribution in [3.63, 3.8) is 0 Å². The Morgan fingerprint density at radius 1 is 1.00 bits per heavy atom. The minimum absolute atomic E-state index is 0.273. The molecule has 0 bridgehead atoms. The van der Waals surface area contributed by atoms with Gasteiger partial charge in [0.15, 0.2) is 0 Å². The van der Waals surface area contributed by atoms with Crippen molar-refractivity contribution < 1.29 is 13.5 Å². The highest BCUT2D eigenvalue weighted by atomic mass is 32.2. The van der Waals surface area contributed by atoms with Crippen LogP contribution >= 0.6 is 0 Å². The smallest absolute Gasteiger partial charge is 0.267 e. The SMILES string of the molecule is CN(CCc1ccn(S(=O)(=O)c2ccccc2)c1)CC(O)c1ccccc1. The molecule has 142 valence electrons. The van der Waals surface area contributed by atoms with Crippen molar-refractivity contribution in [2.75, 3.05) is 20.1 Å². The number of nitrogens with zero attached hydrogens (tertiary/aromatic N) is 2. The molecule has 0 saturated heterocycles. The molecule has 5 nitrogen and oxygen atoms in total.